The average Bonchev–Trinajstić information content (AvgIpc) is 3.04. The monoisotopic (exact) mass is 316 g/mol. The van der Waals surface area contributed by atoms with Crippen molar-refractivity contribution in [3.63, 3.8) is 0 Å². The second-order valence-corrected chi connectivity index (χ2v) is 7.79. The van der Waals surface area contributed by atoms with Gasteiger partial charge in [-0.3, -0.25) is 4.79 Å². The van der Waals surface area contributed by atoms with Gasteiger partial charge >= 0.3 is 0 Å². The highest BCUT2D eigenvalue weighted by Crippen LogP contribution is 2.28. The van der Waals surface area contributed by atoms with Gasteiger partial charge in [-0.2, -0.15) is 0 Å². The summed E-state index contributed by atoms with van der Waals surface area (Å²) in [4.78, 5) is 14.1. The van der Waals surface area contributed by atoms with E-state index < -0.39 is 0 Å². The summed E-state index contributed by atoms with van der Waals surface area (Å²) in [7, 11) is 0. The molecule has 2 aromatic rings. The minimum absolute atomic E-state index is 0.172. The summed E-state index contributed by atoms with van der Waals surface area (Å²) in [5.41, 5.74) is 0. The molecule has 2 aromatic heterocycles. The van der Waals surface area contributed by atoms with Crippen LogP contribution in [-0.4, -0.2) is 28.0 Å². The lowest BCUT2D eigenvalue weighted by Gasteiger charge is -1.94. The Bertz CT molecular complexity index is 535. The minimum atomic E-state index is 0.172. The third-order valence-corrected chi connectivity index (χ3v) is 6.48. The van der Waals surface area contributed by atoms with E-state index in [1.807, 2.05) is 18.4 Å². The number of aromatic nitrogens is 2. The van der Waals surface area contributed by atoms with Crippen molar-refractivity contribution in [2.45, 2.75) is 22.0 Å². The van der Waals surface area contributed by atoms with Crippen LogP contribution < -0.4 is 0 Å². The van der Waals surface area contributed by atoms with E-state index in [1.165, 1.54) is 28.0 Å². The van der Waals surface area contributed by atoms with Crippen molar-refractivity contribution in [2.75, 3.05) is 12.0 Å². The van der Waals surface area contributed by atoms with Gasteiger partial charge in [-0.1, -0.05) is 41.8 Å². The quantitative estimate of drug-likeness (QED) is 0.598. The summed E-state index contributed by atoms with van der Waals surface area (Å²) >= 11 is 6.16. The predicted molar refractivity (Wildman–Crippen MR) is 80.4 cm³/mol. The minimum Gasteiger partial charge on any atom is -0.292 e. The second-order valence-electron chi connectivity index (χ2n) is 3.37. The van der Waals surface area contributed by atoms with Crippen molar-refractivity contribution in [2.24, 2.45) is 0 Å². The number of thiophene rings is 1. The van der Waals surface area contributed by atoms with Gasteiger partial charge in [-0.05, 0) is 24.8 Å². The van der Waals surface area contributed by atoms with Crippen LogP contribution in [0, 0.1) is 0 Å². The van der Waals surface area contributed by atoms with Gasteiger partial charge in [0.05, 0.1) is 10.6 Å². The predicted octanol–water partition coefficient (Wildman–Crippen LogP) is 3.86. The van der Waals surface area contributed by atoms with Crippen LogP contribution in [0.2, 0.25) is 0 Å². The number of carbonyl (C=O) groups is 1. The van der Waals surface area contributed by atoms with Crippen molar-refractivity contribution in [1.82, 2.24) is 10.2 Å². The maximum Gasteiger partial charge on any atom is 0.183 e. The van der Waals surface area contributed by atoms with Crippen molar-refractivity contribution in [1.29, 1.82) is 0 Å². The molecule has 0 spiro atoms. The van der Waals surface area contributed by atoms with Gasteiger partial charge in [0.2, 0.25) is 0 Å². The topological polar surface area (TPSA) is 42.9 Å². The Morgan fingerprint density at radius 1 is 1.28 bits per heavy atom. The normalized spacial score (nSPS) is 10.8. The van der Waals surface area contributed by atoms with E-state index in [1.54, 1.807) is 23.1 Å². The van der Waals surface area contributed by atoms with Gasteiger partial charge in [0.15, 0.2) is 14.5 Å². The number of hydrogen-bond acceptors (Lipinski definition) is 7. The second kappa shape index (κ2) is 6.70. The highest BCUT2D eigenvalue weighted by Gasteiger charge is 2.11. The lowest BCUT2D eigenvalue weighted by Crippen LogP contribution is -1.98. The molecule has 2 rings (SSSR count). The fourth-order valence-electron chi connectivity index (χ4n) is 1.25. The third-order valence-electron chi connectivity index (χ3n) is 2.17. The number of ketones is 1. The summed E-state index contributed by atoms with van der Waals surface area (Å²) in [6.45, 7) is 2.10. The van der Waals surface area contributed by atoms with Crippen molar-refractivity contribution in [3.05, 3.63) is 21.9 Å². The zero-order valence-corrected chi connectivity index (χ0v) is 13.3. The van der Waals surface area contributed by atoms with E-state index in [9.17, 15) is 4.79 Å². The van der Waals surface area contributed by atoms with E-state index in [2.05, 4.69) is 17.1 Å². The van der Waals surface area contributed by atoms with Gasteiger partial charge in [0.1, 0.15) is 0 Å². The van der Waals surface area contributed by atoms with Crippen LogP contribution in [0.3, 0.4) is 0 Å². The van der Waals surface area contributed by atoms with Crippen LogP contribution in [0.25, 0.3) is 0 Å². The highest BCUT2D eigenvalue weighted by atomic mass is 32.2. The summed E-state index contributed by atoms with van der Waals surface area (Å²) < 4.78 is 1.80. The van der Waals surface area contributed by atoms with Gasteiger partial charge in [-0.25, -0.2) is 0 Å². The molecule has 0 aliphatic rings. The number of Topliss-reactive ketones (excluding diaryl/α,β-unsaturated/α-hetero) is 1. The van der Waals surface area contributed by atoms with Crippen LogP contribution in [0.15, 0.2) is 20.8 Å². The molecule has 0 bridgehead atoms. The Balaban J connectivity index is 1.91. The van der Waals surface area contributed by atoms with Gasteiger partial charge < -0.3 is 0 Å². The lowest BCUT2D eigenvalue weighted by atomic mass is 10.3. The molecule has 96 valence electrons. The number of aryl methyl sites for hydroxylation is 1. The Kier molecular flexibility index (Phi) is 5.23. The number of carbonyl (C=O) groups excluding carboxylic acids is 1. The molecule has 0 fully saturated rings. The molecule has 0 unspecified atom stereocenters. The molecule has 2 heterocycles. The molecule has 3 nitrogen and oxygen atoms in total. The summed E-state index contributed by atoms with van der Waals surface area (Å²) in [6.07, 6.45) is 2.95. The first-order valence-electron chi connectivity index (χ1n) is 5.35. The van der Waals surface area contributed by atoms with Crippen molar-refractivity contribution >= 4 is 52.0 Å². The Morgan fingerprint density at radius 3 is 2.67 bits per heavy atom. The van der Waals surface area contributed by atoms with Crippen molar-refractivity contribution in [3.8, 4) is 0 Å². The molecule has 0 aliphatic heterocycles. The standard InChI is InChI=1S/C11H12N2OS4/c1-3-7-4-5-9(17-7)8(14)6-16-11-13-12-10(15-2)18-11/h4-5H,3,6H2,1-2H3. The van der Waals surface area contributed by atoms with E-state index in [0.717, 1.165) is 20.0 Å². The molecule has 0 aromatic carbocycles. The molecule has 7 heteroatoms. The largest absolute Gasteiger partial charge is 0.292 e. The fraction of sp³-hybridized carbons (Fsp3) is 0.364. The molecule has 0 aliphatic carbocycles. The Morgan fingerprint density at radius 2 is 2.06 bits per heavy atom. The summed E-state index contributed by atoms with van der Waals surface area (Å²) in [5.74, 6) is 0.609. The first kappa shape index (κ1) is 14.0. The first-order valence-corrected chi connectivity index (χ1v) is 9.19. The van der Waals surface area contributed by atoms with Gasteiger partial charge in [0.25, 0.3) is 0 Å². The first-order chi connectivity index (χ1) is 8.72. The molecular formula is C11H12N2OS4. The lowest BCUT2D eigenvalue weighted by molar-refractivity contribution is 0.102. The summed E-state index contributed by atoms with van der Waals surface area (Å²) in [6, 6.07) is 3.94. The highest BCUT2D eigenvalue weighted by molar-refractivity contribution is 8.03. The molecular weight excluding hydrogens is 304 g/mol. The number of thioether (sulfide) groups is 2. The van der Waals surface area contributed by atoms with Crippen LogP contribution in [0.1, 0.15) is 21.5 Å². The molecule has 0 saturated carbocycles. The molecule has 0 atom stereocenters. The van der Waals surface area contributed by atoms with E-state index in [0.29, 0.717) is 5.75 Å². The van der Waals surface area contributed by atoms with Crippen LogP contribution in [0.5, 0.6) is 0 Å². The number of hydrogen-bond donors (Lipinski definition) is 0. The fourth-order valence-corrected chi connectivity index (χ4v) is 4.55. The van der Waals surface area contributed by atoms with Crippen LogP contribution >= 0.6 is 46.2 Å². The number of rotatable bonds is 6. The zero-order valence-electron chi connectivity index (χ0n) is 10.0. The van der Waals surface area contributed by atoms with Gasteiger partial charge in [-0.15, -0.1) is 21.5 Å². The van der Waals surface area contributed by atoms with Crippen LogP contribution in [0.4, 0.5) is 0 Å². The summed E-state index contributed by atoms with van der Waals surface area (Å²) in [5, 5.41) is 8.04. The van der Waals surface area contributed by atoms with Crippen LogP contribution in [-0.2, 0) is 6.42 Å². The van der Waals surface area contributed by atoms with Gasteiger partial charge in [0, 0.05) is 4.88 Å². The maximum absolute atomic E-state index is 12.0. The van der Waals surface area contributed by atoms with E-state index in [4.69, 9.17) is 0 Å². The smallest absolute Gasteiger partial charge is 0.183 e. The average molecular weight is 316 g/mol. The Labute approximate surface area is 122 Å². The maximum atomic E-state index is 12.0. The molecule has 18 heavy (non-hydrogen) atoms. The molecule has 0 N–H and O–H groups in total. The third kappa shape index (κ3) is 3.57. The number of nitrogens with zero attached hydrogens (tertiary/aromatic N) is 2. The SMILES string of the molecule is CCc1ccc(C(=O)CSc2nnc(SC)s2)s1. The van der Waals surface area contributed by atoms with E-state index >= 15 is 0 Å². The zero-order chi connectivity index (χ0) is 13.0. The molecule has 0 saturated heterocycles. The molecule has 0 radical (unpaired) electrons. The Hall–Kier alpha value is -0.370. The van der Waals surface area contributed by atoms with Crippen molar-refractivity contribution < 1.29 is 4.79 Å². The van der Waals surface area contributed by atoms with E-state index in [-0.39, 0.29) is 5.78 Å². The molecule has 0 amide bonds.